The second-order valence-corrected chi connectivity index (χ2v) is 6.36. The van der Waals surface area contributed by atoms with E-state index in [4.69, 9.17) is 12.2 Å². The van der Waals surface area contributed by atoms with E-state index < -0.39 is 0 Å². The molecule has 0 unspecified atom stereocenters. The molecule has 0 heterocycles. The Hall–Kier alpha value is -1.67. The van der Waals surface area contributed by atoms with Gasteiger partial charge in [-0.1, -0.05) is 68.9 Å². The van der Waals surface area contributed by atoms with Crippen LogP contribution in [-0.2, 0) is 5.41 Å². The van der Waals surface area contributed by atoms with Gasteiger partial charge in [-0.05, 0) is 47.6 Å². The second kappa shape index (κ2) is 6.40. The molecule has 0 radical (unpaired) electrons. The molecule has 0 aliphatic rings. The van der Waals surface area contributed by atoms with Gasteiger partial charge in [0, 0.05) is 5.69 Å². The number of hydrogen-bond acceptors (Lipinski definition) is 1. The van der Waals surface area contributed by atoms with Crippen molar-refractivity contribution >= 4 is 23.4 Å². The highest BCUT2D eigenvalue weighted by Gasteiger charge is 2.22. The smallest absolute Gasteiger partial charge is 0.0659 e. The van der Waals surface area contributed by atoms with E-state index in [2.05, 4.69) is 75.5 Å². The lowest BCUT2D eigenvalue weighted by Crippen LogP contribution is -2.18. The first kappa shape index (κ1) is 15.7. The van der Waals surface area contributed by atoms with E-state index in [1.54, 1.807) is 5.49 Å². The molecule has 0 aromatic heterocycles. The van der Waals surface area contributed by atoms with Crippen molar-refractivity contribution in [2.45, 2.75) is 39.5 Å². The van der Waals surface area contributed by atoms with Crippen molar-refractivity contribution in [2.75, 3.05) is 5.32 Å². The molecule has 2 rings (SSSR count). The lowest BCUT2D eigenvalue weighted by Gasteiger charge is -2.27. The first-order valence-electron chi connectivity index (χ1n) is 7.39. The molecule has 0 spiro atoms. The predicted octanol–water partition coefficient (Wildman–Crippen LogP) is 5.72. The average Bonchev–Trinajstić information content (AvgIpc) is 2.49. The number of thiocarbonyl (C=S) groups is 1. The van der Waals surface area contributed by atoms with Gasteiger partial charge in [0.05, 0.1) is 5.49 Å². The maximum absolute atomic E-state index is 4.96. The molecule has 110 valence electrons. The Morgan fingerprint density at radius 3 is 2.24 bits per heavy atom. The SMILES string of the molecule is CCC(C)(C)c1cc(-c2ccc(C)cc2)ccc1NC=S. The molecule has 0 fully saturated rings. The summed E-state index contributed by atoms with van der Waals surface area (Å²) in [5.74, 6) is 0. The van der Waals surface area contributed by atoms with Crippen LogP contribution >= 0.6 is 12.2 Å². The van der Waals surface area contributed by atoms with Crippen LogP contribution in [0.1, 0.15) is 38.3 Å². The molecule has 0 saturated heterocycles. The molecule has 0 bridgehead atoms. The van der Waals surface area contributed by atoms with Gasteiger partial charge >= 0.3 is 0 Å². The minimum atomic E-state index is 0.112. The number of nitrogens with one attached hydrogen (secondary N) is 1. The van der Waals surface area contributed by atoms with E-state index in [9.17, 15) is 0 Å². The van der Waals surface area contributed by atoms with E-state index in [1.807, 2.05) is 0 Å². The van der Waals surface area contributed by atoms with Crippen LogP contribution in [0.5, 0.6) is 0 Å². The fourth-order valence-corrected chi connectivity index (χ4v) is 2.54. The van der Waals surface area contributed by atoms with Crippen LogP contribution < -0.4 is 5.32 Å². The van der Waals surface area contributed by atoms with Gasteiger partial charge in [-0.3, -0.25) is 0 Å². The first-order chi connectivity index (χ1) is 9.97. The Morgan fingerprint density at radius 1 is 1.05 bits per heavy atom. The van der Waals surface area contributed by atoms with Gasteiger partial charge in [-0.2, -0.15) is 0 Å². The summed E-state index contributed by atoms with van der Waals surface area (Å²) in [5.41, 5.74) is 7.89. The highest BCUT2D eigenvalue weighted by molar-refractivity contribution is 7.79. The van der Waals surface area contributed by atoms with Crippen molar-refractivity contribution in [1.82, 2.24) is 0 Å². The van der Waals surface area contributed by atoms with Gasteiger partial charge in [-0.25, -0.2) is 0 Å². The van der Waals surface area contributed by atoms with Crippen molar-refractivity contribution in [3.63, 3.8) is 0 Å². The van der Waals surface area contributed by atoms with Crippen molar-refractivity contribution in [3.8, 4) is 11.1 Å². The number of benzene rings is 2. The molecule has 0 aliphatic heterocycles. The average molecular weight is 297 g/mol. The molecule has 0 saturated carbocycles. The Bertz CT molecular complexity index is 627. The quantitative estimate of drug-likeness (QED) is 0.708. The minimum absolute atomic E-state index is 0.112. The van der Waals surface area contributed by atoms with Crippen LogP contribution in [0.15, 0.2) is 42.5 Å². The van der Waals surface area contributed by atoms with E-state index in [-0.39, 0.29) is 5.41 Å². The van der Waals surface area contributed by atoms with Crippen molar-refractivity contribution in [1.29, 1.82) is 0 Å². The Labute approximate surface area is 133 Å². The fraction of sp³-hybridized carbons (Fsp3) is 0.316. The third kappa shape index (κ3) is 3.51. The monoisotopic (exact) mass is 297 g/mol. The maximum Gasteiger partial charge on any atom is 0.0659 e. The third-order valence-corrected chi connectivity index (χ3v) is 4.35. The molecular formula is C19H23NS. The molecule has 2 aromatic rings. The summed E-state index contributed by atoms with van der Waals surface area (Å²) < 4.78 is 0. The lowest BCUT2D eigenvalue weighted by atomic mass is 9.80. The van der Waals surface area contributed by atoms with Crippen LogP contribution in [0.3, 0.4) is 0 Å². The molecule has 0 amide bonds. The highest BCUT2D eigenvalue weighted by atomic mass is 32.1. The fourth-order valence-electron chi connectivity index (χ4n) is 2.41. The van der Waals surface area contributed by atoms with Gasteiger partial charge in [0.25, 0.3) is 0 Å². The summed E-state index contributed by atoms with van der Waals surface area (Å²) >= 11 is 4.96. The van der Waals surface area contributed by atoms with Crippen LogP contribution in [0.2, 0.25) is 0 Å². The van der Waals surface area contributed by atoms with E-state index in [1.165, 1.54) is 22.3 Å². The summed E-state index contributed by atoms with van der Waals surface area (Å²) in [5, 5.41) is 3.19. The number of anilines is 1. The number of hydrogen-bond donors (Lipinski definition) is 1. The zero-order valence-corrected chi connectivity index (χ0v) is 14.1. The molecule has 1 nitrogen and oxygen atoms in total. The second-order valence-electron chi connectivity index (χ2n) is 6.13. The largest absolute Gasteiger partial charge is 0.352 e. The summed E-state index contributed by atoms with van der Waals surface area (Å²) in [6.07, 6.45) is 1.08. The van der Waals surface area contributed by atoms with Gasteiger partial charge in [0.1, 0.15) is 0 Å². The van der Waals surface area contributed by atoms with Crippen molar-refractivity contribution in [3.05, 3.63) is 53.6 Å². The van der Waals surface area contributed by atoms with Crippen LogP contribution in [-0.4, -0.2) is 5.49 Å². The van der Waals surface area contributed by atoms with Crippen molar-refractivity contribution in [2.24, 2.45) is 0 Å². The Morgan fingerprint density at radius 2 is 1.67 bits per heavy atom. The van der Waals surface area contributed by atoms with Gasteiger partial charge < -0.3 is 5.32 Å². The van der Waals surface area contributed by atoms with Gasteiger partial charge in [0.15, 0.2) is 0 Å². The maximum atomic E-state index is 4.96. The van der Waals surface area contributed by atoms with E-state index in [0.29, 0.717) is 0 Å². The van der Waals surface area contributed by atoms with Gasteiger partial charge in [-0.15, -0.1) is 0 Å². The zero-order chi connectivity index (χ0) is 15.5. The Kier molecular flexibility index (Phi) is 4.79. The molecule has 0 aliphatic carbocycles. The summed E-state index contributed by atoms with van der Waals surface area (Å²) in [6, 6.07) is 15.2. The predicted molar refractivity (Wildman–Crippen MR) is 97.2 cm³/mol. The standard InChI is InChI=1S/C19H23NS/c1-5-19(3,4)17-12-16(10-11-18(17)20-13-21)15-8-6-14(2)7-9-15/h6-13H,5H2,1-4H3,(H,20,21). The third-order valence-electron chi connectivity index (χ3n) is 4.23. The topological polar surface area (TPSA) is 12.0 Å². The molecule has 0 atom stereocenters. The van der Waals surface area contributed by atoms with Gasteiger partial charge in [0.2, 0.25) is 0 Å². The molecule has 1 N–H and O–H groups in total. The molecule has 21 heavy (non-hydrogen) atoms. The van der Waals surface area contributed by atoms with Crippen LogP contribution in [0.25, 0.3) is 11.1 Å². The molecule has 2 aromatic carbocycles. The zero-order valence-electron chi connectivity index (χ0n) is 13.2. The summed E-state index contributed by atoms with van der Waals surface area (Å²) in [6.45, 7) is 8.88. The van der Waals surface area contributed by atoms with E-state index in [0.717, 1.165) is 12.1 Å². The summed E-state index contributed by atoms with van der Waals surface area (Å²) in [4.78, 5) is 0. The number of aryl methyl sites for hydroxylation is 1. The molecule has 2 heteroatoms. The summed E-state index contributed by atoms with van der Waals surface area (Å²) in [7, 11) is 0. The first-order valence-corrected chi connectivity index (χ1v) is 7.87. The van der Waals surface area contributed by atoms with Crippen molar-refractivity contribution < 1.29 is 0 Å². The Balaban J connectivity index is 2.53. The van der Waals surface area contributed by atoms with Crippen LogP contribution in [0, 0.1) is 6.92 Å². The highest BCUT2D eigenvalue weighted by Crippen LogP contribution is 2.35. The molecular weight excluding hydrogens is 274 g/mol. The van der Waals surface area contributed by atoms with E-state index >= 15 is 0 Å². The minimum Gasteiger partial charge on any atom is -0.352 e. The normalized spacial score (nSPS) is 11.2. The lowest BCUT2D eigenvalue weighted by molar-refractivity contribution is 0.508. The number of rotatable bonds is 5. The van der Waals surface area contributed by atoms with Crippen LogP contribution in [0.4, 0.5) is 5.69 Å².